The zero-order chi connectivity index (χ0) is 11.3. The van der Waals surface area contributed by atoms with E-state index in [2.05, 4.69) is 5.43 Å². The molecule has 1 aromatic carbocycles. The monoisotopic (exact) mass is 216 g/mol. The third-order valence-corrected chi connectivity index (χ3v) is 2.05. The molecule has 84 valence electrons. The van der Waals surface area contributed by atoms with Crippen molar-refractivity contribution < 1.29 is 13.5 Å². The summed E-state index contributed by atoms with van der Waals surface area (Å²) in [5, 5.41) is 0. The Labute approximate surface area is 87.2 Å². The lowest BCUT2D eigenvalue weighted by molar-refractivity contribution is 0.122. The maximum atomic E-state index is 13.3. The molecule has 3 nitrogen and oxygen atoms in total. The predicted molar refractivity (Wildman–Crippen MR) is 52.9 cm³/mol. The summed E-state index contributed by atoms with van der Waals surface area (Å²) >= 11 is 0. The normalized spacial score (nSPS) is 12.8. The van der Waals surface area contributed by atoms with E-state index in [1.807, 2.05) is 6.92 Å². The lowest BCUT2D eigenvalue weighted by atomic mass is 10.1. The van der Waals surface area contributed by atoms with Gasteiger partial charge in [0.1, 0.15) is 0 Å². The van der Waals surface area contributed by atoms with Gasteiger partial charge in [-0.1, -0.05) is 12.1 Å². The van der Waals surface area contributed by atoms with Crippen LogP contribution in [0.1, 0.15) is 18.5 Å². The van der Waals surface area contributed by atoms with Gasteiger partial charge < -0.3 is 4.74 Å². The van der Waals surface area contributed by atoms with Gasteiger partial charge >= 0.3 is 0 Å². The van der Waals surface area contributed by atoms with Crippen molar-refractivity contribution in [1.29, 1.82) is 0 Å². The lowest BCUT2D eigenvalue weighted by Crippen LogP contribution is -2.32. The Balaban J connectivity index is 2.86. The Morgan fingerprint density at radius 2 is 2.20 bits per heavy atom. The number of rotatable bonds is 5. The Morgan fingerprint density at radius 1 is 1.47 bits per heavy atom. The second-order valence-corrected chi connectivity index (χ2v) is 3.02. The highest BCUT2D eigenvalue weighted by Crippen LogP contribution is 2.18. The molecule has 1 unspecified atom stereocenters. The van der Waals surface area contributed by atoms with Crippen molar-refractivity contribution in [1.82, 2.24) is 5.43 Å². The molecule has 0 saturated carbocycles. The summed E-state index contributed by atoms with van der Waals surface area (Å²) in [6.45, 7) is 2.51. The average Bonchev–Trinajstić information content (AvgIpc) is 2.25. The zero-order valence-corrected chi connectivity index (χ0v) is 8.47. The SMILES string of the molecule is CCOCC(NN)c1cccc(F)c1F. The van der Waals surface area contributed by atoms with E-state index in [0.717, 1.165) is 6.07 Å². The van der Waals surface area contributed by atoms with Gasteiger partial charge in [-0.2, -0.15) is 0 Å². The maximum absolute atomic E-state index is 13.3. The fourth-order valence-electron chi connectivity index (χ4n) is 1.25. The third kappa shape index (κ3) is 2.95. The van der Waals surface area contributed by atoms with E-state index >= 15 is 0 Å². The minimum atomic E-state index is -0.889. The molecular weight excluding hydrogens is 202 g/mol. The van der Waals surface area contributed by atoms with Gasteiger partial charge in [0.2, 0.25) is 0 Å². The molecule has 0 radical (unpaired) electrons. The van der Waals surface area contributed by atoms with Crippen LogP contribution in [0.3, 0.4) is 0 Å². The Hall–Kier alpha value is -1.04. The van der Waals surface area contributed by atoms with Crippen molar-refractivity contribution in [2.24, 2.45) is 5.84 Å². The topological polar surface area (TPSA) is 47.3 Å². The van der Waals surface area contributed by atoms with Crippen molar-refractivity contribution in [3.05, 3.63) is 35.4 Å². The number of nitrogens with two attached hydrogens (primary N) is 1. The fourth-order valence-corrected chi connectivity index (χ4v) is 1.25. The average molecular weight is 216 g/mol. The van der Waals surface area contributed by atoms with Gasteiger partial charge in [0, 0.05) is 12.2 Å². The van der Waals surface area contributed by atoms with Crippen molar-refractivity contribution in [3.63, 3.8) is 0 Å². The quantitative estimate of drug-likeness (QED) is 0.579. The minimum Gasteiger partial charge on any atom is -0.380 e. The summed E-state index contributed by atoms with van der Waals surface area (Å²) in [5.41, 5.74) is 2.56. The summed E-state index contributed by atoms with van der Waals surface area (Å²) < 4.78 is 31.4. The number of hydrazine groups is 1. The number of halogens is 2. The molecule has 1 atom stereocenters. The van der Waals surface area contributed by atoms with Gasteiger partial charge in [0.05, 0.1) is 12.6 Å². The Bertz CT molecular complexity index is 320. The molecule has 3 N–H and O–H groups in total. The Morgan fingerprint density at radius 3 is 2.80 bits per heavy atom. The minimum absolute atomic E-state index is 0.172. The van der Waals surface area contributed by atoms with Crippen LogP contribution < -0.4 is 11.3 Å². The first-order valence-corrected chi connectivity index (χ1v) is 4.68. The van der Waals surface area contributed by atoms with E-state index in [1.165, 1.54) is 12.1 Å². The molecule has 1 aromatic rings. The molecule has 0 heterocycles. The highest BCUT2D eigenvalue weighted by Gasteiger charge is 2.16. The van der Waals surface area contributed by atoms with Crippen molar-refractivity contribution in [2.45, 2.75) is 13.0 Å². The van der Waals surface area contributed by atoms with Gasteiger partial charge in [-0.25, -0.2) is 8.78 Å². The molecule has 0 aliphatic heterocycles. The number of hydrogen-bond acceptors (Lipinski definition) is 3. The van der Waals surface area contributed by atoms with Crippen LogP contribution in [0.5, 0.6) is 0 Å². The molecule has 0 saturated heterocycles. The standard InChI is InChI=1S/C10H14F2N2O/c1-2-15-6-9(14-13)7-4-3-5-8(11)10(7)12/h3-5,9,14H,2,6,13H2,1H3. The van der Waals surface area contributed by atoms with Gasteiger partial charge in [-0.05, 0) is 13.0 Å². The summed E-state index contributed by atoms with van der Waals surface area (Å²) in [6.07, 6.45) is 0. The molecule has 5 heteroatoms. The van der Waals surface area contributed by atoms with Crippen molar-refractivity contribution in [2.75, 3.05) is 13.2 Å². The number of benzene rings is 1. The van der Waals surface area contributed by atoms with Crippen LogP contribution in [0.4, 0.5) is 8.78 Å². The third-order valence-electron chi connectivity index (χ3n) is 2.05. The van der Waals surface area contributed by atoms with Crippen LogP contribution in [0, 0.1) is 11.6 Å². The summed E-state index contributed by atoms with van der Waals surface area (Å²) in [6, 6.07) is 3.43. The van der Waals surface area contributed by atoms with E-state index in [9.17, 15) is 8.78 Å². The van der Waals surface area contributed by atoms with Crippen LogP contribution >= 0.6 is 0 Å². The maximum Gasteiger partial charge on any atom is 0.163 e. The van der Waals surface area contributed by atoms with Crippen LogP contribution in [0.25, 0.3) is 0 Å². The van der Waals surface area contributed by atoms with Gasteiger partial charge in [0.15, 0.2) is 11.6 Å². The number of hydrogen-bond donors (Lipinski definition) is 2. The van der Waals surface area contributed by atoms with E-state index in [1.54, 1.807) is 0 Å². The number of nitrogens with one attached hydrogen (secondary N) is 1. The number of ether oxygens (including phenoxy) is 1. The van der Waals surface area contributed by atoms with Crippen molar-refractivity contribution >= 4 is 0 Å². The summed E-state index contributed by atoms with van der Waals surface area (Å²) in [7, 11) is 0. The second kappa shape index (κ2) is 5.75. The summed E-state index contributed by atoms with van der Waals surface area (Å²) in [4.78, 5) is 0. The fraction of sp³-hybridized carbons (Fsp3) is 0.400. The molecule has 0 aliphatic rings. The van der Waals surface area contributed by atoms with E-state index in [4.69, 9.17) is 10.6 Å². The Kier molecular flexibility index (Phi) is 4.61. The first kappa shape index (κ1) is 12.0. The molecule has 0 aliphatic carbocycles. The second-order valence-electron chi connectivity index (χ2n) is 3.02. The highest BCUT2D eigenvalue weighted by atomic mass is 19.2. The molecule has 0 bridgehead atoms. The first-order chi connectivity index (χ1) is 7.20. The molecule has 0 spiro atoms. The smallest absolute Gasteiger partial charge is 0.163 e. The highest BCUT2D eigenvalue weighted by molar-refractivity contribution is 5.22. The van der Waals surface area contributed by atoms with Crippen LogP contribution in [0.15, 0.2) is 18.2 Å². The van der Waals surface area contributed by atoms with Gasteiger partial charge in [-0.3, -0.25) is 11.3 Å². The molecule has 0 fully saturated rings. The molecular formula is C10H14F2N2O. The lowest BCUT2D eigenvalue weighted by Gasteiger charge is -2.16. The van der Waals surface area contributed by atoms with Crippen LogP contribution in [-0.2, 0) is 4.74 Å². The molecule has 15 heavy (non-hydrogen) atoms. The first-order valence-electron chi connectivity index (χ1n) is 4.68. The summed E-state index contributed by atoms with van der Waals surface area (Å²) in [5.74, 6) is 3.47. The zero-order valence-electron chi connectivity index (χ0n) is 8.47. The van der Waals surface area contributed by atoms with Gasteiger partial charge in [-0.15, -0.1) is 0 Å². The van der Waals surface area contributed by atoms with E-state index < -0.39 is 17.7 Å². The van der Waals surface area contributed by atoms with E-state index in [-0.39, 0.29) is 12.2 Å². The largest absolute Gasteiger partial charge is 0.380 e. The molecule has 1 rings (SSSR count). The predicted octanol–water partition coefficient (Wildman–Crippen LogP) is 1.51. The van der Waals surface area contributed by atoms with Crippen LogP contribution in [-0.4, -0.2) is 13.2 Å². The molecule has 0 aromatic heterocycles. The van der Waals surface area contributed by atoms with Crippen molar-refractivity contribution in [3.8, 4) is 0 Å². The van der Waals surface area contributed by atoms with Crippen LogP contribution in [0.2, 0.25) is 0 Å². The van der Waals surface area contributed by atoms with E-state index in [0.29, 0.717) is 6.61 Å². The molecule has 0 amide bonds. The van der Waals surface area contributed by atoms with Gasteiger partial charge in [0.25, 0.3) is 0 Å².